The standard InChI is InChI=1S/C35H55N3O6/c1-10-22(5)29(36)32(41)38(33(42)30(23(6)11-2)37-34(43)44-35(7,8)9)27(31(40)28(39)18-21(3)4)20-24-16-17-25-14-12-13-15-26(25)19-24/h12-17,19,21-23,27-31,39-40H,10-11,18,20,36H2,1-9H3,(H,37,43)/t22-,23-,27-,28-,29-,30-,31-/m0/s1. The van der Waals surface area contributed by atoms with Gasteiger partial charge in [-0.05, 0) is 67.7 Å². The lowest BCUT2D eigenvalue weighted by Gasteiger charge is -2.40. The molecule has 44 heavy (non-hydrogen) atoms. The van der Waals surface area contributed by atoms with Gasteiger partial charge in [-0.1, -0.05) is 96.8 Å². The van der Waals surface area contributed by atoms with Crippen molar-refractivity contribution in [1.82, 2.24) is 10.2 Å². The molecule has 0 radical (unpaired) electrons. The number of aliphatic hydroxyl groups excluding tert-OH is 2. The average Bonchev–Trinajstić information content (AvgIpc) is 2.96. The minimum Gasteiger partial charge on any atom is -0.444 e. The highest BCUT2D eigenvalue weighted by atomic mass is 16.6. The van der Waals surface area contributed by atoms with Crippen LogP contribution in [0.15, 0.2) is 42.5 Å². The van der Waals surface area contributed by atoms with Gasteiger partial charge in [-0.25, -0.2) is 4.79 Å². The highest BCUT2D eigenvalue weighted by Crippen LogP contribution is 2.26. The van der Waals surface area contributed by atoms with Crippen molar-refractivity contribution in [3.05, 3.63) is 48.0 Å². The number of nitrogens with two attached hydrogens (primary N) is 1. The van der Waals surface area contributed by atoms with Crippen LogP contribution in [0, 0.1) is 17.8 Å². The molecule has 0 aliphatic heterocycles. The summed E-state index contributed by atoms with van der Waals surface area (Å²) in [6.07, 6.45) is -2.04. The molecule has 0 spiro atoms. The largest absolute Gasteiger partial charge is 0.444 e. The van der Waals surface area contributed by atoms with Crippen LogP contribution in [0.2, 0.25) is 0 Å². The van der Waals surface area contributed by atoms with Gasteiger partial charge in [-0.2, -0.15) is 0 Å². The second kappa shape index (κ2) is 16.3. The van der Waals surface area contributed by atoms with Gasteiger partial charge in [0.15, 0.2) is 0 Å². The van der Waals surface area contributed by atoms with Gasteiger partial charge in [0.25, 0.3) is 5.91 Å². The number of benzene rings is 2. The van der Waals surface area contributed by atoms with Gasteiger partial charge in [0, 0.05) is 0 Å². The molecule has 0 aliphatic carbocycles. The molecule has 2 aromatic carbocycles. The van der Waals surface area contributed by atoms with Crippen molar-refractivity contribution in [2.75, 3.05) is 0 Å². The number of nitrogens with one attached hydrogen (secondary N) is 1. The van der Waals surface area contributed by atoms with Crippen molar-refractivity contribution in [3.8, 4) is 0 Å². The fraction of sp³-hybridized carbons (Fsp3) is 0.629. The Kier molecular flexibility index (Phi) is 13.8. The molecule has 2 rings (SSSR count). The molecule has 7 atom stereocenters. The number of nitrogens with zero attached hydrogens (tertiary/aromatic N) is 1. The van der Waals surface area contributed by atoms with Gasteiger partial charge >= 0.3 is 6.09 Å². The molecule has 0 bridgehead atoms. The van der Waals surface area contributed by atoms with Gasteiger partial charge in [0.1, 0.15) is 17.7 Å². The Morgan fingerprint density at radius 3 is 2.05 bits per heavy atom. The summed E-state index contributed by atoms with van der Waals surface area (Å²) in [5.74, 6) is -1.97. The first-order chi connectivity index (χ1) is 20.5. The molecule has 0 saturated carbocycles. The minimum absolute atomic E-state index is 0.0462. The van der Waals surface area contributed by atoms with E-state index in [2.05, 4.69) is 5.32 Å². The number of aliphatic hydroxyl groups is 2. The van der Waals surface area contributed by atoms with E-state index in [0.29, 0.717) is 12.8 Å². The van der Waals surface area contributed by atoms with Crippen LogP contribution in [0.1, 0.15) is 87.1 Å². The summed E-state index contributed by atoms with van der Waals surface area (Å²) in [4.78, 5) is 42.8. The molecule has 2 aromatic rings. The first-order valence-electron chi connectivity index (χ1n) is 16.0. The predicted molar refractivity (Wildman–Crippen MR) is 175 cm³/mol. The van der Waals surface area contributed by atoms with Crippen molar-refractivity contribution >= 4 is 28.7 Å². The van der Waals surface area contributed by atoms with E-state index in [9.17, 15) is 24.6 Å². The van der Waals surface area contributed by atoms with E-state index in [1.807, 2.05) is 77.1 Å². The summed E-state index contributed by atoms with van der Waals surface area (Å²) in [7, 11) is 0. The van der Waals surface area contributed by atoms with Crippen molar-refractivity contribution in [2.45, 2.75) is 124 Å². The number of ether oxygens (including phenoxy) is 1. The van der Waals surface area contributed by atoms with Crippen LogP contribution in [0.4, 0.5) is 4.79 Å². The molecule has 0 heterocycles. The molecule has 3 amide bonds. The third kappa shape index (κ3) is 10.3. The van der Waals surface area contributed by atoms with Crippen LogP contribution >= 0.6 is 0 Å². The summed E-state index contributed by atoms with van der Waals surface area (Å²) in [5.41, 5.74) is 6.43. The number of hydrogen-bond acceptors (Lipinski definition) is 7. The van der Waals surface area contributed by atoms with E-state index in [1.54, 1.807) is 27.7 Å². The minimum atomic E-state index is -1.47. The van der Waals surface area contributed by atoms with E-state index >= 15 is 0 Å². The zero-order valence-electron chi connectivity index (χ0n) is 28.0. The predicted octanol–water partition coefficient (Wildman–Crippen LogP) is 5.19. The zero-order valence-corrected chi connectivity index (χ0v) is 28.0. The SMILES string of the molecule is CC[C@H](C)[C@H](N)C(=O)N(C(=O)[C@@H](NC(=O)OC(C)(C)C)[C@@H](C)CC)[C@@H](Cc1ccc2ccccc2c1)[C@H](O)[C@@H](O)CC(C)C. The number of alkyl carbamates (subject to hydrolysis) is 1. The van der Waals surface area contributed by atoms with Crippen molar-refractivity contribution in [2.24, 2.45) is 23.5 Å². The van der Waals surface area contributed by atoms with Crippen LogP contribution in [0.5, 0.6) is 0 Å². The van der Waals surface area contributed by atoms with E-state index in [-0.39, 0.29) is 30.6 Å². The molecule has 5 N–H and O–H groups in total. The molecule has 0 aromatic heterocycles. The van der Waals surface area contributed by atoms with E-state index in [1.165, 1.54) is 0 Å². The van der Waals surface area contributed by atoms with E-state index in [4.69, 9.17) is 10.5 Å². The van der Waals surface area contributed by atoms with Crippen LogP contribution in [-0.2, 0) is 20.7 Å². The first kappa shape index (κ1) is 37.2. The van der Waals surface area contributed by atoms with Gasteiger partial charge in [-0.15, -0.1) is 0 Å². The van der Waals surface area contributed by atoms with Gasteiger partial charge in [0.05, 0.1) is 18.2 Å². The van der Waals surface area contributed by atoms with E-state index < -0.39 is 53.8 Å². The summed E-state index contributed by atoms with van der Waals surface area (Å²) in [6.45, 7) is 16.4. The molecule has 0 unspecified atom stereocenters. The third-order valence-electron chi connectivity index (χ3n) is 8.26. The number of rotatable bonds is 14. The molecule has 0 aliphatic rings. The van der Waals surface area contributed by atoms with E-state index in [0.717, 1.165) is 21.2 Å². The highest BCUT2D eigenvalue weighted by Gasteiger charge is 2.44. The Hall–Kier alpha value is -3.01. The molecular weight excluding hydrogens is 558 g/mol. The second-order valence-electron chi connectivity index (χ2n) is 13.6. The Morgan fingerprint density at radius 2 is 1.50 bits per heavy atom. The number of fused-ring (bicyclic) bond motifs is 1. The first-order valence-corrected chi connectivity index (χ1v) is 16.0. The van der Waals surface area contributed by atoms with Crippen molar-refractivity contribution < 1.29 is 29.3 Å². The highest BCUT2D eigenvalue weighted by molar-refractivity contribution is 6.01. The van der Waals surface area contributed by atoms with Gasteiger partial charge in [-0.3, -0.25) is 14.5 Å². The van der Waals surface area contributed by atoms with Crippen LogP contribution < -0.4 is 11.1 Å². The summed E-state index contributed by atoms with van der Waals surface area (Å²) >= 11 is 0. The Morgan fingerprint density at radius 1 is 0.909 bits per heavy atom. The molecule has 246 valence electrons. The number of carbonyl (C=O) groups excluding carboxylic acids is 3. The van der Waals surface area contributed by atoms with Gasteiger partial charge < -0.3 is 26.0 Å². The maximum absolute atomic E-state index is 14.6. The average molecular weight is 614 g/mol. The summed E-state index contributed by atoms with van der Waals surface area (Å²) < 4.78 is 5.46. The van der Waals surface area contributed by atoms with Gasteiger partial charge in [0.2, 0.25) is 5.91 Å². The quantitative estimate of drug-likeness (QED) is 0.230. The fourth-order valence-electron chi connectivity index (χ4n) is 5.21. The number of amides is 3. The number of imide groups is 1. The van der Waals surface area contributed by atoms with Crippen LogP contribution in [-0.4, -0.2) is 69.0 Å². The topological polar surface area (TPSA) is 142 Å². The monoisotopic (exact) mass is 613 g/mol. The third-order valence-corrected chi connectivity index (χ3v) is 8.26. The normalized spacial score (nSPS) is 16.8. The fourth-order valence-corrected chi connectivity index (χ4v) is 5.21. The Bertz CT molecular complexity index is 1240. The number of hydrogen-bond donors (Lipinski definition) is 4. The lowest BCUT2D eigenvalue weighted by molar-refractivity contribution is -0.157. The summed E-state index contributed by atoms with van der Waals surface area (Å²) in [5, 5.41) is 27.6. The molecule has 9 nitrogen and oxygen atoms in total. The molecule has 0 saturated heterocycles. The zero-order chi connectivity index (χ0) is 33.4. The number of carbonyl (C=O) groups is 3. The maximum atomic E-state index is 14.6. The maximum Gasteiger partial charge on any atom is 0.408 e. The Labute approximate surface area is 263 Å². The van der Waals surface area contributed by atoms with Crippen LogP contribution in [0.25, 0.3) is 10.8 Å². The Balaban J connectivity index is 2.72. The molecular formula is C35H55N3O6. The lowest BCUT2D eigenvalue weighted by Crippen LogP contribution is -2.64. The lowest BCUT2D eigenvalue weighted by atomic mass is 9.88. The molecule has 9 heteroatoms. The van der Waals surface area contributed by atoms with Crippen LogP contribution in [0.3, 0.4) is 0 Å². The summed E-state index contributed by atoms with van der Waals surface area (Å²) in [6, 6.07) is 10.3. The van der Waals surface area contributed by atoms with Crippen molar-refractivity contribution in [3.63, 3.8) is 0 Å². The smallest absolute Gasteiger partial charge is 0.408 e. The van der Waals surface area contributed by atoms with Crippen molar-refractivity contribution in [1.29, 1.82) is 0 Å². The molecule has 0 fully saturated rings. The second-order valence-corrected chi connectivity index (χ2v) is 13.6.